The van der Waals surface area contributed by atoms with Crippen LogP contribution < -0.4 is 14.8 Å². The Balaban J connectivity index is 1.45. The number of nitrogens with one attached hydrogen (secondary N) is 1. The van der Waals surface area contributed by atoms with Gasteiger partial charge < -0.3 is 24.6 Å². The molecule has 0 spiro atoms. The van der Waals surface area contributed by atoms with Crippen molar-refractivity contribution in [2.45, 2.75) is 51.3 Å². The fraction of sp³-hybridized carbons (Fsp3) is 0.481. The number of likely N-dealkylation sites (tertiary alicyclic amines) is 1. The number of carbonyl (C=O) groups is 3. The molecule has 1 aromatic heterocycles. The number of hydrogen-bond acceptors (Lipinski definition) is 6. The van der Waals surface area contributed by atoms with Crippen LogP contribution in [0.2, 0.25) is 0 Å². The molecule has 9 nitrogen and oxygen atoms in total. The van der Waals surface area contributed by atoms with Gasteiger partial charge in [-0.1, -0.05) is 12.1 Å². The summed E-state index contributed by atoms with van der Waals surface area (Å²) < 4.78 is 36.2. The second-order valence-electron chi connectivity index (χ2n) is 9.89. The van der Waals surface area contributed by atoms with Crippen molar-refractivity contribution in [3.8, 4) is 11.5 Å². The molecule has 2 aliphatic rings. The van der Waals surface area contributed by atoms with Crippen LogP contribution >= 0.6 is 0 Å². The highest BCUT2D eigenvalue weighted by atomic mass is 19.3. The zero-order valence-corrected chi connectivity index (χ0v) is 21.7. The van der Waals surface area contributed by atoms with Crippen molar-refractivity contribution in [1.82, 2.24) is 20.1 Å². The van der Waals surface area contributed by atoms with Gasteiger partial charge in [0.05, 0.1) is 18.8 Å². The number of carbonyl (C=O) groups excluding carboxylic acids is 3. The van der Waals surface area contributed by atoms with Crippen molar-refractivity contribution in [3.05, 3.63) is 53.3 Å². The first-order valence-corrected chi connectivity index (χ1v) is 12.6. The van der Waals surface area contributed by atoms with Gasteiger partial charge in [0.1, 0.15) is 11.7 Å². The van der Waals surface area contributed by atoms with Crippen LogP contribution in [0.5, 0.6) is 11.5 Å². The summed E-state index contributed by atoms with van der Waals surface area (Å²) in [6.45, 7) is -0.750. The van der Waals surface area contributed by atoms with Gasteiger partial charge in [-0.15, -0.1) is 0 Å². The maximum atomic E-state index is 13.1. The van der Waals surface area contributed by atoms with Gasteiger partial charge in [0.15, 0.2) is 11.5 Å². The summed E-state index contributed by atoms with van der Waals surface area (Å²) in [4.78, 5) is 44.9. The monoisotopic (exact) mass is 530 g/mol. The molecule has 3 amide bonds. The van der Waals surface area contributed by atoms with E-state index in [-0.39, 0.29) is 47.4 Å². The number of halogens is 2. The predicted octanol–water partition coefficient (Wildman–Crippen LogP) is 3.19. The highest BCUT2D eigenvalue weighted by molar-refractivity contribution is 5.92. The second-order valence-corrected chi connectivity index (χ2v) is 9.89. The van der Waals surface area contributed by atoms with Gasteiger partial charge >= 0.3 is 6.61 Å². The highest BCUT2D eigenvalue weighted by Gasteiger charge is 2.39. The number of rotatable bonds is 10. The first kappa shape index (κ1) is 27.3. The molecule has 1 unspecified atom stereocenters. The summed E-state index contributed by atoms with van der Waals surface area (Å²) in [7, 11) is 3.26. The minimum absolute atomic E-state index is 0.0393. The number of amides is 3. The van der Waals surface area contributed by atoms with E-state index in [4.69, 9.17) is 4.74 Å². The number of nitrogens with zero attached hydrogens (tertiary/aromatic N) is 3. The Hall–Kier alpha value is -3.76. The molecule has 1 N–H and O–H groups in total. The first-order chi connectivity index (χ1) is 18.1. The molecule has 38 heavy (non-hydrogen) atoms. The Morgan fingerprint density at radius 1 is 1.16 bits per heavy atom. The molecule has 2 fully saturated rings. The average Bonchev–Trinajstić information content (AvgIpc) is 3.60. The van der Waals surface area contributed by atoms with Gasteiger partial charge in [-0.3, -0.25) is 14.4 Å². The third-order valence-corrected chi connectivity index (χ3v) is 6.71. The predicted molar refractivity (Wildman–Crippen MR) is 134 cm³/mol. The Bertz CT molecular complexity index is 1190. The molecule has 1 aliphatic carbocycles. The zero-order valence-electron chi connectivity index (χ0n) is 21.7. The Labute approximate surface area is 220 Å². The van der Waals surface area contributed by atoms with E-state index in [0.717, 1.165) is 18.4 Å². The smallest absolute Gasteiger partial charge is 0.387 e. The van der Waals surface area contributed by atoms with E-state index in [1.807, 2.05) is 0 Å². The van der Waals surface area contributed by atoms with Crippen LogP contribution in [0, 0.1) is 5.92 Å². The standard InChI is InChI=1S/C27H32F2N4O5/c1-16(34)33-14-19(18-9-10-23(38-27(28)29)24(12-18)37-15-17-7-8-17)11-22(33)25(35)30-13-20-5-4-6-21(31-20)26(36)32(2)3/h4-6,9-10,12,17,19,22,27H,7-8,11,13-15H2,1-3H3,(H,30,35)/t19?,22-/m1/s1. The van der Waals surface area contributed by atoms with E-state index >= 15 is 0 Å². The van der Waals surface area contributed by atoms with E-state index in [2.05, 4.69) is 15.0 Å². The summed E-state index contributed by atoms with van der Waals surface area (Å²) in [6.07, 6.45) is 2.45. The number of benzene rings is 1. The van der Waals surface area contributed by atoms with Crippen molar-refractivity contribution in [1.29, 1.82) is 0 Å². The Kier molecular flexibility index (Phi) is 8.43. The summed E-state index contributed by atoms with van der Waals surface area (Å²) in [5, 5.41) is 2.83. The van der Waals surface area contributed by atoms with Gasteiger partial charge in [0.2, 0.25) is 11.8 Å². The van der Waals surface area contributed by atoms with E-state index in [0.29, 0.717) is 31.2 Å². The van der Waals surface area contributed by atoms with Gasteiger partial charge in [0.25, 0.3) is 5.91 Å². The van der Waals surface area contributed by atoms with Crippen molar-refractivity contribution in [2.24, 2.45) is 5.92 Å². The Morgan fingerprint density at radius 3 is 2.58 bits per heavy atom. The molecule has 1 saturated carbocycles. The first-order valence-electron chi connectivity index (χ1n) is 12.6. The second kappa shape index (κ2) is 11.7. The SMILES string of the molecule is CC(=O)N1CC(c2ccc(OC(F)F)c(OCC3CC3)c2)C[C@@H]1C(=O)NCc1cccc(C(=O)N(C)C)n1. The van der Waals surface area contributed by atoms with E-state index in [1.165, 1.54) is 22.8 Å². The topological polar surface area (TPSA) is 101 Å². The molecule has 1 aliphatic heterocycles. The Morgan fingerprint density at radius 2 is 1.92 bits per heavy atom. The molecule has 2 heterocycles. The summed E-state index contributed by atoms with van der Waals surface area (Å²) in [6, 6.07) is 9.08. The lowest BCUT2D eigenvalue weighted by Gasteiger charge is -2.22. The minimum Gasteiger partial charge on any atom is -0.489 e. The third kappa shape index (κ3) is 6.76. The van der Waals surface area contributed by atoms with Crippen LogP contribution in [-0.4, -0.2) is 72.4 Å². The van der Waals surface area contributed by atoms with Gasteiger partial charge in [-0.05, 0) is 55.0 Å². The summed E-state index contributed by atoms with van der Waals surface area (Å²) in [5.41, 5.74) is 1.56. The fourth-order valence-corrected chi connectivity index (χ4v) is 4.47. The maximum absolute atomic E-state index is 13.1. The van der Waals surface area contributed by atoms with Crippen LogP contribution in [-0.2, 0) is 16.1 Å². The largest absolute Gasteiger partial charge is 0.489 e. The molecular weight excluding hydrogens is 498 g/mol. The molecule has 11 heteroatoms. The number of ether oxygens (including phenoxy) is 2. The van der Waals surface area contributed by atoms with Crippen molar-refractivity contribution in [2.75, 3.05) is 27.2 Å². The van der Waals surface area contributed by atoms with Crippen LogP contribution in [0.15, 0.2) is 36.4 Å². The fourth-order valence-electron chi connectivity index (χ4n) is 4.47. The summed E-state index contributed by atoms with van der Waals surface area (Å²) in [5.74, 6) is -0.411. The molecule has 0 radical (unpaired) electrons. The lowest BCUT2D eigenvalue weighted by molar-refractivity contribution is -0.136. The van der Waals surface area contributed by atoms with E-state index in [9.17, 15) is 23.2 Å². The van der Waals surface area contributed by atoms with Crippen LogP contribution in [0.1, 0.15) is 53.8 Å². The number of pyridine rings is 1. The molecular formula is C27H32F2N4O5. The number of aromatic nitrogens is 1. The molecule has 4 rings (SSSR count). The van der Waals surface area contributed by atoms with Gasteiger partial charge in [-0.25, -0.2) is 4.98 Å². The van der Waals surface area contributed by atoms with Crippen molar-refractivity contribution < 1.29 is 32.6 Å². The average molecular weight is 531 g/mol. The molecule has 1 aromatic carbocycles. The molecule has 1 saturated heterocycles. The third-order valence-electron chi connectivity index (χ3n) is 6.71. The van der Waals surface area contributed by atoms with Crippen LogP contribution in [0.25, 0.3) is 0 Å². The lowest BCUT2D eigenvalue weighted by Crippen LogP contribution is -2.45. The quantitative estimate of drug-likeness (QED) is 0.507. The lowest BCUT2D eigenvalue weighted by atomic mass is 9.95. The van der Waals surface area contributed by atoms with Crippen LogP contribution in [0.3, 0.4) is 0 Å². The van der Waals surface area contributed by atoms with E-state index in [1.54, 1.807) is 44.4 Å². The molecule has 2 aromatic rings. The summed E-state index contributed by atoms with van der Waals surface area (Å²) >= 11 is 0. The van der Waals surface area contributed by atoms with Gasteiger partial charge in [-0.2, -0.15) is 8.78 Å². The maximum Gasteiger partial charge on any atom is 0.387 e. The van der Waals surface area contributed by atoms with Crippen LogP contribution in [0.4, 0.5) is 8.78 Å². The van der Waals surface area contributed by atoms with E-state index < -0.39 is 12.7 Å². The normalized spacial score (nSPS) is 18.8. The highest BCUT2D eigenvalue weighted by Crippen LogP contribution is 2.39. The molecule has 0 bridgehead atoms. The van der Waals surface area contributed by atoms with Gasteiger partial charge in [0, 0.05) is 33.5 Å². The minimum atomic E-state index is -2.98. The van der Waals surface area contributed by atoms with Crippen molar-refractivity contribution >= 4 is 17.7 Å². The number of alkyl halides is 2. The van der Waals surface area contributed by atoms with Crippen molar-refractivity contribution in [3.63, 3.8) is 0 Å². The molecule has 2 atom stereocenters. The zero-order chi connectivity index (χ0) is 27.4. The molecule has 204 valence electrons. The number of hydrogen-bond donors (Lipinski definition) is 1.